The molecule has 0 aliphatic rings. The molecule has 0 spiro atoms. The molecule has 0 fully saturated rings. The smallest absolute Gasteiger partial charge is 0.416 e. The first kappa shape index (κ1) is 15.3. The summed E-state index contributed by atoms with van der Waals surface area (Å²) >= 11 is 0. The first-order valence-corrected chi connectivity index (χ1v) is 7.06. The Bertz CT molecular complexity index is 861. The van der Waals surface area contributed by atoms with Crippen LogP contribution >= 0.6 is 0 Å². The molecule has 0 unspecified atom stereocenters. The summed E-state index contributed by atoms with van der Waals surface area (Å²) < 4.78 is 40.3. The molecule has 0 bridgehead atoms. The Kier molecular flexibility index (Phi) is 3.50. The molecule has 7 heteroatoms. The van der Waals surface area contributed by atoms with Crippen molar-refractivity contribution >= 4 is 5.52 Å². The quantitative estimate of drug-likeness (QED) is 0.776. The maximum atomic E-state index is 12.8. The standard InChI is InChI=1S/C16H14F3N3O/c1-3-13-20-21-15(11-5-4-6-22(11)13)14-9(2)7-10(8-12(14)23)16(17,18)19/h4-8,23H,3H2,1-2H3. The second-order valence-corrected chi connectivity index (χ2v) is 5.27. The number of phenols is 1. The van der Waals surface area contributed by atoms with Crippen LogP contribution in [0.25, 0.3) is 16.8 Å². The highest BCUT2D eigenvalue weighted by Gasteiger charge is 2.32. The molecular weight excluding hydrogens is 307 g/mol. The zero-order valence-corrected chi connectivity index (χ0v) is 12.5. The Morgan fingerprint density at radius 1 is 1.22 bits per heavy atom. The molecule has 0 aliphatic carbocycles. The van der Waals surface area contributed by atoms with Gasteiger partial charge in [0.2, 0.25) is 0 Å². The molecule has 4 nitrogen and oxygen atoms in total. The molecule has 3 aromatic rings. The van der Waals surface area contributed by atoms with Crippen LogP contribution in [0.4, 0.5) is 13.2 Å². The minimum Gasteiger partial charge on any atom is -0.507 e. The SMILES string of the molecule is CCc1nnc(-c2c(C)cc(C(F)(F)F)cc2O)c2cccn12. The van der Waals surface area contributed by atoms with Crippen molar-refractivity contribution < 1.29 is 18.3 Å². The van der Waals surface area contributed by atoms with Gasteiger partial charge in [0, 0.05) is 18.2 Å². The first-order chi connectivity index (χ1) is 10.8. The highest BCUT2D eigenvalue weighted by molar-refractivity contribution is 5.82. The van der Waals surface area contributed by atoms with Crippen molar-refractivity contribution in [1.29, 1.82) is 0 Å². The zero-order valence-electron chi connectivity index (χ0n) is 12.5. The number of hydrogen-bond acceptors (Lipinski definition) is 3. The number of rotatable bonds is 2. The van der Waals surface area contributed by atoms with Gasteiger partial charge in [0.25, 0.3) is 0 Å². The average molecular weight is 321 g/mol. The lowest BCUT2D eigenvalue weighted by Gasteiger charge is -2.14. The van der Waals surface area contributed by atoms with Crippen molar-refractivity contribution in [2.75, 3.05) is 0 Å². The summed E-state index contributed by atoms with van der Waals surface area (Å²) in [6.07, 6.45) is -2.04. The Morgan fingerprint density at radius 3 is 2.57 bits per heavy atom. The van der Waals surface area contributed by atoms with Crippen LogP contribution in [-0.4, -0.2) is 19.7 Å². The van der Waals surface area contributed by atoms with Crippen molar-refractivity contribution in [2.24, 2.45) is 0 Å². The number of aromatic nitrogens is 3. The molecule has 0 saturated carbocycles. The van der Waals surface area contributed by atoms with Crippen LogP contribution in [0.2, 0.25) is 0 Å². The maximum absolute atomic E-state index is 12.8. The summed E-state index contributed by atoms with van der Waals surface area (Å²) in [5.41, 5.74) is 0.711. The number of fused-ring (bicyclic) bond motifs is 1. The number of aromatic hydroxyl groups is 1. The third-order valence-electron chi connectivity index (χ3n) is 3.73. The predicted molar refractivity (Wildman–Crippen MR) is 79.2 cm³/mol. The van der Waals surface area contributed by atoms with Crippen LogP contribution in [0.5, 0.6) is 5.75 Å². The molecule has 0 radical (unpaired) electrons. The lowest BCUT2D eigenvalue weighted by atomic mass is 10.00. The van der Waals surface area contributed by atoms with Gasteiger partial charge in [0.05, 0.1) is 11.1 Å². The first-order valence-electron chi connectivity index (χ1n) is 7.06. The summed E-state index contributed by atoms with van der Waals surface area (Å²) in [5.74, 6) is 0.275. The van der Waals surface area contributed by atoms with E-state index in [0.29, 0.717) is 23.2 Å². The van der Waals surface area contributed by atoms with Gasteiger partial charge in [-0.25, -0.2) is 0 Å². The van der Waals surface area contributed by atoms with E-state index in [-0.39, 0.29) is 5.56 Å². The van der Waals surface area contributed by atoms with Crippen molar-refractivity contribution in [2.45, 2.75) is 26.4 Å². The highest BCUT2D eigenvalue weighted by Crippen LogP contribution is 2.39. The molecule has 1 aromatic carbocycles. The number of benzene rings is 1. The van der Waals surface area contributed by atoms with Gasteiger partial charge in [0.1, 0.15) is 17.3 Å². The summed E-state index contributed by atoms with van der Waals surface area (Å²) in [6.45, 7) is 3.45. The predicted octanol–water partition coefficient (Wildman–Crippen LogP) is 3.99. The summed E-state index contributed by atoms with van der Waals surface area (Å²) in [4.78, 5) is 0. The van der Waals surface area contributed by atoms with Gasteiger partial charge in [-0.2, -0.15) is 13.2 Å². The molecule has 2 heterocycles. The minimum atomic E-state index is -4.51. The van der Waals surface area contributed by atoms with Gasteiger partial charge in [-0.1, -0.05) is 6.92 Å². The molecule has 3 rings (SSSR count). The third kappa shape index (κ3) is 2.52. The Hall–Kier alpha value is -2.57. The molecule has 0 saturated heterocycles. The minimum absolute atomic E-state index is 0.261. The van der Waals surface area contributed by atoms with E-state index >= 15 is 0 Å². The monoisotopic (exact) mass is 321 g/mol. The van der Waals surface area contributed by atoms with Crippen LogP contribution < -0.4 is 0 Å². The van der Waals surface area contributed by atoms with Crippen molar-refractivity contribution in [3.05, 3.63) is 47.4 Å². The van der Waals surface area contributed by atoms with Crippen LogP contribution in [0.15, 0.2) is 30.5 Å². The summed E-state index contributed by atoms with van der Waals surface area (Å²) in [6, 6.07) is 5.32. The van der Waals surface area contributed by atoms with Crippen LogP contribution in [0, 0.1) is 6.92 Å². The molecule has 120 valence electrons. The van der Waals surface area contributed by atoms with Crippen molar-refractivity contribution in [3.63, 3.8) is 0 Å². The largest absolute Gasteiger partial charge is 0.507 e. The Labute approximate surface area is 130 Å². The molecule has 2 aromatic heterocycles. The molecule has 0 atom stereocenters. The van der Waals surface area contributed by atoms with Gasteiger partial charge in [0.15, 0.2) is 0 Å². The normalized spacial score (nSPS) is 12.0. The Morgan fingerprint density at radius 2 is 1.96 bits per heavy atom. The van der Waals surface area contributed by atoms with E-state index in [4.69, 9.17) is 0 Å². The lowest BCUT2D eigenvalue weighted by molar-refractivity contribution is -0.137. The van der Waals surface area contributed by atoms with Gasteiger partial charge in [-0.15, -0.1) is 10.2 Å². The van der Waals surface area contributed by atoms with Crippen LogP contribution in [0.3, 0.4) is 0 Å². The lowest BCUT2D eigenvalue weighted by Crippen LogP contribution is -2.07. The maximum Gasteiger partial charge on any atom is 0.416 e. The number of aryl methyl sites for hydroxylation is 2. The van der Waals surface area contributed by atoms with Crippen LogP contribution in [0.1, 0.15) is 23.9 Å². The summed E-state index contributed by atoms with van der Waals surface area (Å²) in [7, 11) is 0. The average Bonchev–Trinajstić information content (AvgIpc) is 2.95. The number of alkyl halides is 3. The van der Waals surface area contributed by atoms with Gasteiger partial charge < -0.3 is 9.51 Å². The Balaban J connectivity index is 2.26. The van der Waals surface area contributed by atoms with Crippen LogP contribution in [-0.2, 0) is 12.6 Å². The van der Waals surface area contributed by atoms with Crippen molar-refractivity contribution in [3.8, 4) is 17.0 Å². The van der Waals surface area contributed by atoms with Gasteiger partial charge in [-0.05, 0) is 36.8 Å². The molecule has 0 amide bonds. The zero-order chi connectivity index (χ0) is 16.8. The van der Waals surface area contributed by atoms with Gasteiger partial charge >= 0.3 is 6.18 Å². The van der Waals surface area contributed by atoms with E-state index < -0.39 is 17.5 Å². The van der Waals surface area contributed by atoms with Gasteiger partial charge in [-0.3, -0.25) is 0 Å². The number of halogens is 3. The van der Waals surface area contributed by atoms with E-state index in [0.717, 1.165) is 18.0 Å². The topological polar surface area (TPSA) is 50.4 Å². The third-order valence-corrected chi connectivity index (χ3v) is 3.73. The second-order valence-electron chi connectivity index (χ2n) is 5.27. The highest BCUT2D eigenvalue weighted by atomic mass is 19.4. The fraction of sp³-hybridized carbons (Fsp3) is 0.250. The molecule has 1 N–H and O–H groups in total. The van der Waals surface area contributed by atoms with E-state index in [1.165, 1.54) is 6.92 Å². The number of hydrogen-bond donors (Lipinski definition) is 1. The van der Waals surface area contributed by atoms with E-state index in [1.54, 1.807) is 12.1 Å². The van der Waals surface area contributed by atoms with E-state index in [2.05, 4.69) is 10.2 Å². The fourth-order valence-corrected chi connectivity index (χ4v) is 2.67. The summed E-state index contributed by atoms with van der Waals surface area (Å²) in [5, 5.41) is 18.4. The van der Waals surface area contributed by atoms with E-state index in [9.17, 15) is 18.3 Å². The van der Waals surface area contributed by atoms with Crippen molar-refractivity contribution in [1.82, 2.24) is 14.6 Å². The molecule has 23 heavy (non-hydrogen) atoms. The molecular formula is C16H14F3N3O. The second kappa shape index (κ2) is 5.26. The molecule has 0 aliphatic heterocycles. The fourth-order valence-electron chi connectivity index (χ4n) is 2.67. The number of phenolic OH excluding ortho intramolecular Hbond substituents is 1. The van der Waals surface area contributed by atoms with E-state index in [1.807, 2.05) is 17.5 Å². The number of nitrogens with zero attached hydrogens (tertiary/aromatic N) is 3.